The molecule has 0 saturated carbocycles. The molecule has 8 aromatic rings. The number of nitrogens with zero attached hydrogens (tertiary/aromatic N) is 3. The van der Waals surface area contributed by atoms with Crippen LogP contribution in [0.15, 0.2) is 176 Å². The smallest absolute Gasteiger partial charge is 0.219 e. The molecule has 0 spiro atoms. The van der Waals surface area contributed by atoms with Crippen LogP contribution in [-0.2, 0) is 6.42 Å². The van der Waals surface area contributed by atoms with E-state index in [1.807, 2.05) is 97.1 Å². The zero-order valence-corrected chi connectivity index (χ0v) is 31.4. The molecule has 11 nitrogen and oxygen atoms in total. The Balaban J connectivity index is 0.000000177. The second-order valence-electron chi connectivity index (χ2n) is 13.0. The molecular weight excluding hydrogens is 727 g/mol. The molecular formula is C47H41N7O4. The molecule has 3 aromatic heterocycles. The van der Waals surface area contributed by atoms with Crippen LogP contribution in [0.4, 0.5) is 22.7 Å². The molecule has 288 valence electrons. The molecule has 0 unspecified atom stereocenters. The third kappa shape index (κ3) is 10.6. The van der Waals surface area contributed by atoms with Gasteiger partial charge < -0.3 is 41.9 Å². The van der Waals surface area contributed by atoms with E-state index in [9.17, 15) is 0 Å². The van der Waals surface area contributed by atoms with Gasteiger partial charge in [0.2, 0.25) is 17.6 Å². The predicted octanol–water partition coefficient (Wildman–Crippen LogP) is 10.2. The first-order valence-corrected chi connectivity index (χ1v) is 18.4. The second-order valence-corrected chi connectivity index (χ2v) is 13.0. The van der Waals surface area contributed by atoms with Crippen molar-refractivity contribution in [2.75, 3.05) is 29.5 Å². The summed E-state index contributed by atoms with van der Waals surface area (Å²) in [7, 11) is 0. The first-order chi connectivity index (χ1) is 28.3. The number of benzene rings is 5. The van der Waals surface area contributed by atoms with E-state index < -0.39 is 0 Å². The largest absolute Gasteiger partial charge is 0.493 e. The molecule has 8 rings (SSSR count). The maximum absolute atomic E-state index is 6.03. The highest BCUT2D eigenvalue weighted by atomic mass is 16.5. The van der Waals surface area contributed by atoms with E-state index in [-0.39, 0.29) is 0 Å². The lowest BCUT2D eigenvalue weighted by atomic mass is 9.97. The molecule has 5 aromatic carbocycles. The molecule has 3 heterocycles. The normalized spacial score (nSPS) is 10.5. The van der Waals surface area contributed by atoms with Crippen LogP contribution in [0.2, 0.25) is 0 Å². The van der Waals surface area contributed by atoms with Gasteiger partial charge in [-0.15, -0.1) is 0 Å². The summed E-state index contributed by atoms with van der Waals surface area (Å²) >= 11 is 0. The van der Waals surface area contributed by atoms with Gasteiger partial charge in [0.15, 0.2) is 0 Å². The van der Waals surface area contributed by atoms with Crippen molar-refractivity contribution in [2.45, 2.75) is 6.42 Å². The number of nitrogen functional groups attached to an aromatic ring is 4. The van der Waals surface area contributed by atoms with E-state index >= 15 is 0 Å². The topological polar surface area (TPSA) is 180 Å². The van der Waals surface area contributed by atoms with Gasteiger partial charge in [-0.1, -0.05) is 66.7 Å². The summed E-state index contributed by atoms with van der Waals surface area (Å²) in [4.78, 5) is 12.6. The SMILES string of the molecule is Nc1ccc(OCCc2cc(Oc3ccc(N)cn3)ccc2-c2ccccc2)cc1.Nc1ccc(Oc2ccc(-c3ccccc3)c(Oc3ccc(N)cn3)c2)nc1. The number of rotatable bonds is 12. The maximum Gasteiger partial charge on any atom is 0.219 e. The van der Waals surface area contributed by atoms with Crippen LogP contribution < -0.4 is 41.9 Å². The van der Waals surface area contributed by atoms with Crippen LogP contribution in [0, 0.1) is 0 Å². The molecule has 0 bridgehead atoms. The number of hydrogen-bond donors (Lipinski definition) is 4. The van der Waals surface area contributed by atoms with Gasteiger partial charge in [-0.25, -0.2) is 15.0 Å². The fourth-order valence-corrected chi connectivity index (χ4v) is 5.80. The highest BCUT2D eigenvalue weighted by Crippen LogP contribution is 2.37. The molecule has 0 aliphatic carbocycles. The Labute approximate surface area is 336 Å². The van der Waals surface area contributed by atoms with Crippen LogP contribution in [0.3, 0.4) is 0 Å². The molecule has 0 saturated heterocycles. The second kappa shape index (κ2) is 18.5. The number of ether oxygens (including phenoxy) is 4. The van der Waals surface area contributed by atoms with E-state index in [0.29, 0.717) is 52.8 Å². The van der Waals surface area contributed by atoms with Crippen LogP contribution in [0.25, 0.3) is 22.3 Å². The van der Waals surface area contributed by atoms with Crippen molar-refractivity contribution >= 4 is 22.7 Å². The van der Waals surface area contributed by atoms with Gasteiger partial charge in [-0.05, 0) is 89.0 Å². The highest BCUT2D eigenvalue weighted by Gasteiger charge is 2.12. The Kier molecular flexibility index (Phi) is 12.2. The van der Waals surface area contributed by atoms with E-state index in [4.69, 9.17) is 41.9 Å². The maximum atomic E-state index is 6.03. The van der Waals surface area contributed by atoms with Gasteiger partial charge >= 0.3 is 0 Å². The third-order valence-electron chi connectivity index (χ3n) is 8.66. The average molecular weight is 768 g/mol. The lowest BCUT2D eigenvalue weighted by molar-refractivity contribution is 0.322. The van der Waals surface area contributed by atoms with Crippen molar-refractivity contribution < 1.29 is 18.9 Å². The van der Waals surface area contributed by atoms with Crippen LogP contribution in [0.1, 0.15) is 5.56 Å². The zero-order chi connectivity index (χ0) is 40.1. The first kappa shape index (κ1) is 38.2. The molecule has 0 amide bonds. The molecule has 0 aliphatic heterocycles. The molecule has 0 atom stereocenters. The van der Waals surface area contributed by atoms with Crippen molar-refractivity contribution in [1.29, 1.82) is 0 Å². The summed E-state index contributed by atoms with van der Waals surface area (Å²) in [6.45, 7) is 0.535. The van der Waals surface area contributed by atoms with Gasteiger partial charge in [-0.3, -0.25) is 0 Å². The quantitative estimate of drug-likeness (QED) is 0.0869. The Bertz CT molecular complexity index is 2520. The van der Waals surface area contributed by atoms with Gasteiger partial charge in [0.05, 0.1) is 42.3 Å². The van der Waals surface area contributed by atoms with Crippen LogP contribution in [0.5, 0.6) is 40.6 Å². The van der Waals surface area contributed by atoms with Crippen LogP contribution in [-0.4, -0.2) is 21.6 Å². The highest BCUT2D eigenvalue weighted by molar-refractivity contribution is 5.72. The summed E-state index contributed by atoms with van der Waals surface area (Å²) in [5.74, 6) is 4.09. The predicted molar refractivity (Wildman–Crippen MR) is 230 cm³/mol. The Morgan fingerprint density at radius 3 is 1.36 bits per heavy atom. The lowest BCUT2D eigenvalue weighted by Gasteiger charge is -2.14. The Hall–Kier alpha value is -8.05. The molecule has 0 aliphatic rings. The average Bonchev–Trinajstić information content (AvgIpc) is 3.25. The van der Waals surface area contributed by atoms with Gasteiger partial charge in [-0.2, -0.15) is 0 Å². The van der Waals surface area contributed by atoms with E-state index in [0.717, 1.165) is 51.4 Å². The number of nitrogens with two attached hydrogens (primary N) is 4. The standard InChI is InChI=1S/C25H23N3O2.C22H18N4O2/c26-20-6-9-22(10-7-20)29-15-14-19-16-23(30-25-13-8-21(27)17-28-25)11-12-24(19)18-4-2-1-3-5-18;23-16-6-10-21(25-13-16)27-18-8-9-19(15-4-2-1-3-5-15)20(12-18)28-22-11-7-17(24)14-26-22/h1-13,16-17H,14-15,26-27H2;1-14H,23-24H2. The number of hydrogen-bond acceptors (Lipinski definition) is 11. The zero-order valence-electron chi connectivity index (χ0n) is 31.4. The third-order valence-corrected chi connectivity index (χ3v) is 8.66. The van der Waals surface area contributed by atoms with Crippen LogP contribution >= 0.6 is 0 Å². The number of aromatic nitrogens is 3. The number of pyridine rings is 3. The van der Waals surface area contributed by atoms with Crippen molar-refractivity contribution in [3.63, 3.8) is 0 Å². The molecule has 8 N–H and O–H groups in total. The fourth-order valence-electron chi connectivity index (χ4n) is 5.80. The van der Waals surface area contributed by atoms with Crippen molar-refractivity contribution in [1.82, 2.24) is 15.0 Å². The minimum absolute atomic E-state index is 0.439. The monoisotopic (exact) mass is 767 g/mol. The number of anilines is 4. The van der Waals surface area contributed by atoms with Gasteiger partial charge in [0, 0.05) is 41.9 Å². The molecule has 58 heavy (non-hydrogen) atoms. The summed E-state index contributed by atoms with van der Waals surface area (Å²) in [5, 5.41) is 0. The first-order valence-electron chi connectivity index (χ1n) is 18.4. The minimum atomic E-state index is 0.439. The van der Waals surface area contributed by atoms with Gasteiger partial charge in [0.25, 0.3) is 0 Å². The van der Waals surface area contributed by atoms with E-state index in [2.05, 4.69) is 33.2 Å². The summed E-state index contributed by atoms with van der Waals surface area (Å²) in [6.07, 6.45) is 5.40. The van der Waals surface area contributed by atoms with E-state index in [1.54, 1.807) is 61.1 Å². The fraction of sp³-hybridized carbons (Fsp3) is 0.0426. The van der Waals surface area contributed by atoms with Crippen molar-refractivity contribution in [2.24, 2.45) is 0 Å². The molecule has 0 fully saturated rings. The Morgan fingerprint density at radius 2 is 0.845 bits per heavy atom. The Morgan fingerprint density at radius 1 is 0.397 bits per heavy atom. The summed E-state index contributed by atoms with van der Waals surface area (Å²) < 4.78 is 23.7. The van der Waals surface area contributed by atoms with E-state index in [1.165, 1.54) is 0 Å². The summed E-state index contributed by atoms with van der Waals surface area (Å²) in [6, 6.07) is 49.7. The van der Waals surface area contributed by atoms with Crippen molar-refractivity contribution in [3.05, 3.63) is 182 Å². The van der Waals surface area contributed by atoms with Gasteiger partial charge in [0.1, 0.15) is 23.0 Å². The van der Waals surface area contributed by atoms with Crippen molar-refractivity contribution in [3.8, 4) is 62.9 Å². The lowest BCUT2D eigenvalue weighted by Crippen LogP contribution is -2.03. The molecule has 11 heteroatoms. The summed E-state index contributed by atoms with van der Waals surface area (Å²) in [5.41, 5.74) is 30.6. The molecule has 0 radical (unpaired) electrons. The minimum Gasteiger partial charge on any atom is -0.493 e.